The molecule has 26 heavy (non-hydrogen) atoms. The quantitative estimate of drug-likeness (QED) is 0.611. The second kappa shape index (κ2) is 8.36. The van der Waals surface area contributed by atoms with Crippen LogP contribution in [0.4, 0.5) is 11.4 Å². The molecule has 0 unspecified atom stereocenters. The highest BCUT2D eigenvalue weighted by atomic mass is 32.1. The number of hydrogen-bond donors (Lipinski definition) is 2. The molecule has 0 aliphatic heterocycles. The summed E-state index contributed by atoms with van der Waals surface area (Å²) < 4.78 is 10.6. The molecule has 0 atom stereocenters. The van der Waals surface area contributed by atoms with Crippen LogP contribution in [0.5, 0.6) is 11.5 Å². The maximum atomic E-state index is 5.48. The van der Waals surface area contributed by atoms with Gasteiger partial charge in [-0.05, 0) is 23.8 Å². The zero-order valence-electron chi connectivity index (χ0n) is 14.7. The number of nitrogens with one attached hydrogen (secondary N) is 2. The highest BCUT2D eigenvalue weighted by molar-refractivity contribution is 7.80. The van der Waals surface area contributed by atoms with Gasteiger partial charge in [0, 0.05) is 35.1 Å². The van der Waals surface area contributed by atoms with Gasteiger partial charge >= 0.3 is 0 Å². The number of thiocarbonyl (C=S) groups is 1. The molecule has 0 radical (unpaired) electrons. The molecule has 3 aromatic carbocycles. The van der Waals surface area contributed by atoms with Crippen LogP contribution in [0.1, 0.15) is 0 Å². The van der Waals surface area contributed by atoms with E-state index in [0.717, 1.165) is 22.5 Å². The Kier molecular flexibility index (Phi) is 5.71. The standard InChI is InChI=1S/C21H20N2O2S/c1-24-17-12-16(13-18(14-17)25-2)22-21(26)23-20-11-7-6-10-19(20)15-8-4-3-5-9-15/h3-14H,1-2H3,(H2,22,23,26). The molecule has 0 saturated carbocycles. The lowest BCUT2D eigenvalue weighted by atomic mass is 10.0. The number of rotatable bonds is 5. The van der Waals surface area contributed by atoms with Gasteiger partial charge in [-0.15, -0.1) is 0 Å². The molecule has 132 valence electrons. The summed E-state index contributed by atoms with van der Waals surface area (Å²) in [5, 5.41) is 6.94. The Morgan fingerprint density at radius 1 is 0.769 bits per heavy atom. The molecule has 4 nitrogen and oxygen atoms in total. The van der Waals surface area contributed by atoms with Crippen molar-refractivity contribution < 1.29 is 9.47 Å². The maximum absolute atomic E-state index is 5.48. The first-order valence-electron chi connectivity index (χ1n) is 8.15. The third kappa shape index (κ3) is 4.32. The van der Waals surface area contributed by atoms with Crippen LogP contribution in [0.3, 0.4) is 0 Å². The normalized spacial score (nSPS) is 10.1. The topological polar surface area (TPSA) is 42.5 Å². The smallest absolute Gasteiger partial charge is 0.175 e. The molecule has 0 aliphatic rings. The van der Waals surface area contributed by atoms with E-state index >= 15 is 0 Å². The molecular formula is C21H20N2O2S. The fraction of sp³-hybridized carbons (Fsp3) is 0.0952. The molecule has 3 rings (SSSR count). The van der Waals surface area contributed by atoms with E-state index in [2.05, 4.69) is 28.8 Å². The van der Waals surface area contributed by atoms with Crippen LogP contribution in [-0.4, -0.2) is 19.3 Å². The van der Waals surface area contributed by atoms with Crippen molar-refractivity contribution in [2.75, 3.05) is 24.9 Å². The van der Waals surface area contributed by atoms with Crippen molar-refractivity contribution in [2.24, 2.45) is 0 Å². The molecule has 2 N–H and O–H groups in total. The summed E-state index contributed by atoms with van der Waals surface area (Å²) in [7, 11) is 3.23. The van der Waals surface area contributed by atoms with E-state index in [1.807, 2.05) is 54.6 Å². The molecule has 0 aliphatic carbocycles. The van der Waals surface area contributed by atoms with E-state index in [0.29, 0.717) is 16.6 Å². The monoisotopic (exact) mass is 364 g/mol. The van der Waals surface area contributed by atoms with E-state index in [9.17, 15) is 0 Å². The highest BCUT2D eigenvalue weighted by Gasteiger charge is 2.08. The Labute approximate surface area is 158 Å². The minimum atomic E-state index is 0.490. The lowest BCUT2D eigenvalue weighted by molar-refractivity contribution is 0.395. The Morgan fingerprint density at radius 2 is 1.38 bits per heavy atom. The molecule has 0 heterocycles. The van der Waals surface area contributed by atoms with Crippen LogP contribution >= 0.6 is 12.2 Å². The van der Waals surface area contributed by atoms with Gasteiger partial charge < -0.3 is 20.1 Å². The Balaban J connectivity index is 1.79. The minimum Gasteiger partial charge on any atom is -0.497 e. The van der Waals surface area contributed by atoms with Gasteiger partial charge in [0.15, 0.2) is 5.11 Å². The van der Waals surface area contributed by atoms with Crippen molar-refractivity contribution in [3.63, 3.8) is 0 Å². The second-order valence-corrected chi connectivity index (χ2v) is 6.00. The summed E-state index contributed by atoms with van der Waals surface area (Å²) in [4.78, 5) is 0. The van der Waals surface area contributed by atoms with Crippen molar-refractivity contribution in [1.82, 2.24) is 0 Å². The molecule has 0 spiro atoms. The van der Waals surface area contributed by atoms with Crippen molar-refractivity contribution in [3.8, 4) is 22.6 Å². The molecule has 0 fully saturated rings. The average molecular weight is 364 g/mol. The molecular weight excluding hydrogens is 344 g/mol. The fourth-order valence-electron chi connectivity index (χ4n) is 2.63. The van der Waals surface area contributed by atoms with Crippen LogP contribution < -0.4 is 20.1 Å². The van der Waals surface area contributed by atoms with Gasteiger partial charge in [0.1, 0.15) is 11.5 Å². The minimum absolute atomic E-state index is 0.490. The molecule has 5 heteroatoms. The van der Waals surface area contributed by atoms with Crippen LogP contribution in [-0.2, 0) is 0 Å². The lowest BCUT2D eigenvalue weighted by Gasteiger charge is -2.15. The SMILES string of the molecule is COc1cc(NC(=S)Nc2ccccc2-c2ccccc2)cc(OC)c1. The predicted molar refractivity (Wildman–Crippen MR) is 111 cm³/mol. The Morgan fingerprint density at radius 3 is 2.04 bits per heavy atom. The van der Waals surface area contributed by atoms with Crippen molar-refractivity contribution >= 4 is 28.7 Å². The Bertz CT molecular complexity index is 875. The van der Waals surface area contributed by atoms with Gasteiger partial charge in [-0.2, -0.15) is 0 Å². The summed E-state index contributed by atoms with van der Waals surface area (Å²) in [6.45, 7) is 0. The zero-order chi connectivity index (χ0) is 18.4. The highest BCUT2D eigenvalue weighted by Crippen LogP contribution is 2.29. The van der Waals surface area contributed by atoms with E-state index in [4.69, 9.17) is 21.7 Å². The molecule has 0 amide bonds. The second-order valence-electron chi connectivity index (χ2n) is 5.59. The van der Waals surface area contributed by atoms with Crippen LogP contribution in [0, 0.1) is 0 Å². The van der Waals surface area contributed by atoms with E-state index in [1.165, 1.54) is 0 Å². The summed E-state index contributed by atoms with van der Waals surface area (Å²) in [5.74, 6) is 1.39. The number of methoxy groups -OCH3 is 2. The fourth-order valence-corrected chi connectivity index (χ4v) is 2.85. The molecule has 0 saturated heterocycles. The summed E-state index contributed by atoms with van der Waals surface area (Å²) >= 11 is 5.48. The first-order chi connectivity index (χ1) is 12.7. The van der Waals surface area contributed by atoms with Crippen LogP contribution in [0.25, 0.3) is 11.1 Å². The third-order valence-electron chi connectivity index (χ3n) is 3.87. The van der Waals surface area contributed by atoms with Crippen LogP contribution in [0.2, 0.25) is 0 Å². The largest absolute Gasteiger partial charge is 0.497 e. The van der Waals surface area contributed by atoms with Gasteiger partial charge in [-0.25, -0.2) is 0 Å². The van der Waals surface area contributed by atoms with Gasteiger partial charge in [-0.1, -0.05) is 48.5 Å². The number of benzene rings is 3. The summed E-state index contributed by atoms with van der Waals surface area (Å²) in [6.07, 6.45) is 0. The first-order valence-corrected chi connectivity index (χ1v) is 8.56. The molecule has 3 aromatic rings. The molecule has 0 aromatic heterocycles. The number of ether oxygens (including phenoxy) is 2. The average Bonchev–Trinajstić information content (AvgIpc) is 2.68. The zero-order valence-corrected chi connectivity index (χ0v) is 15.5. The Hall–Kier alpha value is -3.05. The van der Waals surface area contributed by atoms with E-state index < -0.39 is 0 Å². The predicted octanol–water partition coefficient (Wildman–Crippen LogP) is 5.18. The van der Waals surface area contributed by atoms with Gasteiger partial charge in [0.2, 0.25) is 0 Å². The van der Waals surface area contributed by atoms with Gasteiger partial charge in [0.25, 0.3) is 0 Å². The lowest BCUT2D eigenvalue weighted by Crippen LogP contribution is -2.19. The number of hydrogen-bond acceptors (Lipinski definition) is 3. The summed E-state index contributed by atoms with van der Waals surface area (Å²) in [5.41, 5.74) is 3.93. The maximum Gasteiger partial charge on any atom is 0.175 e. The van der Waals surface area contributed by atoms with Crippen molar-refractivity contribution in [2.45, 2.75) is 0 Å². The van der Waals surface area contributed by atoms with E-state index in [1.54, 1.807) is 14.2 Å². The van der Waals surface area contributed by atoms with Crippen molar-refractivity contribution in [3.05, 3.63) is 72.8 Å². The van der Waals surface area contributed by atoms with E-state index in [-0.39, 0.29) is 0 Å². The van der Waals surface area contributed by atoms with Gasteiger partial charge in [-0.3, -0.25) is 0 Å². The van der Waals surface area contributed by atoms with Crippen LogP contribution in [0.15, 0.2) is 72.8 Å². The first kappa shape index (κ1) is 17.8. The number of anilines is 2. The number of para-hydroxylation sites is 1. The molecule has 0 bridgehead atoms. The van der Waals surface area contributed by atoms with Gasteiger partial charge in [0.05, 0.1) is 14.2 Å². The summed E-state index contributed by atoms with van der Waals surface area (Å²) in [6, 6.07) is 23.8. The van der Waals surface area contributed by atoms with Crippen molar-refractivity contribution in [1.29, 1.82) is 0 Å². The third-order valence-corrected chi connectivity index (χ3v) is 4.07.